The van der Waals surface area contributed by atoms with E-state index < -0.39 is 15.8 Å². The standard InChI is InChI=1S/C15H19FN4O2S/c1-19-11-13(9-17-19)20-8-4-5-12(10-20)18-23(21,22)15-7-3-2-6-14(15)16/h2-3,6-7,9,11-12,18H,4-5,8,10H2,1H3. The topological polar surface area (TPSA) is 67.2 Å². The van der Waals surface area contributed by atoms with Crippen LogP contribution in [0, 0.1) is 5.82 Å². The van der Waals surface area contributed by atoms with Crippen LogP contribution in [0.4, 0.5) is 10.1 Å². The van der Waals surface area contributed by atoms with Crippen molar-refractivity contribution in [1.29, 1.82) is 0 Å². The quantitative estimate of drug-likeness (QED) is 0.918. The molecule has 8 heteroatoms. The van der Waals surface area contributed by atoms with Gasteiger partial charge < -0.3 is 4.90 Å². The number of aromatic nitrogens is 2. The monoisotopic (exact) mass is 338 g/mol. The van der Waals surface area contributed by atoms with Crippen LogP contribution in [0.1, 0.15) is 12.8 Å². The Morgan fingerprint density at radius 1 is 1.35 bits per heavy atom. The maximum Gasteiger partial charge on any atom is 0.243 e. The Kier molecular flexibility index (Phi) is 4.36. The van der Waals surface area contributed by atoms with E-state index in [0.29, 0.717) is 6.54 Å². The van der Waals surface area contributed by atoms with E-state index in [-0.39, 0.29) is 10.9 Å². The lowest BCUT2D eigenvalue weighted by Gasteiger charge is -2.33. The van der Waals surface area contributed by atoms with Gasteiger partial charge in [0.05, 0.1) is 11.9 Å². The van der Waals surface area contributed by atoms with Crippen molar-refractivity contribution in [3.63, 3.8) is 0 Å². The van der Waals surface area contributed by atoms with Crippen molar-refractivity contribution >= 4 is 15.7 Å². The summed E-state index contributed by atoms with van der Waals surface area (Å²) >= 11 is 0. The van der Waals surface area contributed by atoms with Crippen LogP contribution in [0.3, 0.4) is 0 Å². The van der Waals surface area contributed by atoms with Gasteiger partial charge in [-0.15, -0.1) is 0 Å². The first-order valence-electron chi connectivity index (χ1n) is 7.46. The van der Waals surface area contributed by atoms with E-state index >= 15 is 0 Å². The number of nitrogens with one attached hydrogen (secondary N) is 1. The maximum absolute atomic E-state index is 13.7. The van der Waals surface area contributed by atoms with Gasteiger partial charge >= 0.3 is 0 Å². The lowest BCUT2D eigenvalue weighted by molar-refractivity contribution is 0.463. The van der Waals surface area contributed by atoms with Crippen molar-refractivity contribution in [2.45, 2.75) is 23.8 Å². The molecule has 6 nitrogen and oxygen atoms in total. The van der Waals surface area contributed by atoms with Crippen LogP contribution in [-0.4, -0.2) is 37.3 Å². The smallest absolute Gasteiger partial charge is 0.243 e. The number of piperidine rings is 1. The summed E-state index contributed by atoms with van der Waals surface area (Å²) in [5.41, 5.74) is 0.960. The molecule has 0 bridgehead atoms. The number of aryl methyl sites for hydroxylation is 1. The third-order valence-electron chi connectivity index (χ3n) is 3.93. The molecule has 2 aromatic rings. The van der Waals surface area contributed by atoms with Crippen molar-refractivity contribution in [1.82, 2.24) is 14.5 Å². The predicted molar refractivity (Wildman–Crippen MR) is 85.2 cm³/mol. The highest BCUT2D eigenvalue weighted by molar-refractivity contribution is 7.89. The minimum Gasteiger partial charge on any atom is -0.367 e. The summed E-state index contributed by atoms with van der Waals surface area (Å²) in [6, 6.07) is 5.16. The largest absolute Gasteiger partial charge is 0.367 e. The van der Waals surface area contributed by atoms with Gasteiger partial charge in [0, 0.05) is 32.4 Å². The molecule has 0 radical (unpaired) electrons. The normalized spacial score (nSPS) is 19.0. The van der Waals surface area contributed by atoms with Crippen LogP contribution in [0.15, 0.2) is 41.6 Å². The summed E-state index contributed by atoms with van der Waals surface area (Å²) in [6.07, 6.45) is 5.24. The van der Waals surface area contributed by atoms with Crippen molar-refractivity contribution in [3.05, 3.63) is 42.5 Å². The van der Waals surface area contributed by atoms with Crippen LogP contribution in [0.5, 0.6) is 0 Å². The molecular formula is C15H19FN4O2S. The first-order chi connectivity index (χ1) is 11.0. The third-order valence-corrected chi connectivity index (χ3v) is 5.48. The van der Waals surface area contributed by atoms with Gasteiger partial charge in [0.25, 0.3) is 0 Å². The van der Waals surface area contributed by atoms with Gasteiger partial charge in [-0.1, -0.05) is 12.1 Å². The van der Waals surface area contributed by atoms with E-state index in [4.69, 9.17) is 0 Å². The fraction of sp³-hybridized carbons (Fsp3) is 0.400. The van der Waals surface area contributed by atoms with Crippen molar-refractivity contribution < 1.29 is 12.8 Å². The number of rotatable bonds is 4. The Bertz CT molecular complexity index is 790. The lowest BCUT2D eigenvalue weighted by Crippen LogP contribution is -2.47. The Balaban J connectivity index is 1.73. The summed E-state index contributed by atoms with van der Waals surface area (Å²) in [4.78, 5) is 1.78. The summed E-state index contributed by atoms with van der Waals surface area (Å²) in [6.45, 7) is 1.39. The molecule has 0 spiro atoms. The molecule has 1 fully saturated rings. The van der Waals surface area contributed by atoms with E-state index in [1.807, 2.05) is 13.2 Å². The van der Waals surface area contributed by atoms with Crippen LogP contribution in [0.25, 0.3) is 0 Å². The number of nitrogens with zero attached hydrogens (tertiary/aromatic N) is 3. The zero-order valence-corrected chi connectivity index (χ0v) is 13.6. The van der Waals surface area contributed by atoms with E-state index in [9.17, 15) is 12.8 Å². The fourth-order valence-electron chi connectivity index (χ4n) is 2.83. The van der Waals surface area contributed by atoms with E-state index in [0.717, 1.165) is 31.1 Å². The molecule has 1 N–H and O–H groups in total. The second kappa shape index (κ2) is 6.29. The van der Waals surface area contributed by atoms with Gasteiger partial charge in [-0.2, -0.15) is 5.10 Å². The average Bonchev–Trinajstić information content (AvgIpc) is 2.94. The molecule has 1 aromatic heterocycles. The van der Waals surface area contributed by atoms with Crippen LogP contribution < -0.4 is 9.62 Å². The van der Waals surface area contributed by atoms with Crippen molar-refractivity contribution in [2.24, 2.45) is 7.05 Å². The first-order valence-corrected chi connectivity index (χ1v) is 8.94. The number of hydrogen-bond acceptors (Lipinski definition) is 4. The number of benzene rings is 1. The second-order valence-corrected chi connectivity index (χ2v) is 7.39. The van der Waals surface area contributed by atoms with Gasteiger partial charge in [0.1, 0.15) is 10.7 Å². The Labute approximate surface area is 135 Å². The Morgan fingerprint density at radius 2 is 2.13 bits per heavy atom. The summed E-state index contributed by atoms with van der Waals surface area (Å²) in [5.74, 6) is -0.736. The van der Waals surface area contributed by atoms with E-state index in [1.165, 1.54) is 18.2 Å². The number of hydrogen-bond donors (Lipinski definition) is 1. The molecule has 1 unspecified atom stereocenters. The first kappa shape index (κ1) is 15.9. The molecule has 0 aliphatic carbocycles. The van der Waals surface area contributed by atoms with E-state index in [2.05, 4.69) is 14.7 Å². The summed E-state index contributed by atoms with van der Waals surface area (Å²) < 4.78 is 42.8. The lowest BCUT2D eigenvalue weighted by atomic mass is 10.1. The van der Waals surface area contributed by atoms with Crippen molar-refractivity contribution in [3.8, 4) is 0 Å². The van der Waals surface area contributed by atoms with Crippen LogP contribution >= 0.6 is 0 Å². The van der Waals surface area contributed by atoms with Gasteiger partial charge in [0.2, 0.25) is 10.0 Å². The molecule has 1 aromatic carbocycles. The van der Waals surface area contributed by atoms with Crippen molar-refractivity contribution in [2.75, 3.05) is 18.0 Å². The number of sulfonamides is 1. The molecule has 1 saturated heterocycles. The predicted octanol–water partition coefficient (Wildman–Crippen LogP) is 1.51. The maximum atomic E-state index is 13.7. The van der Waals surface area contributed by atoms with Crippen LogP contribution in [0.2, 0.25) is 0 Å². The molecule has 124 valence electrons. The molecule has 23 heavy (non-hydrogen) atoms. The average molecular weight is 338 g/mol. The Hall–Kier alpha value is -1.93. The number of anilines is 1. The minimum atomic E-state index is -3.86. The SMILES string of the molecule is Cn1cc(N2CCCC(NS(=O)(=O)c3ccccc3F)C2)cn1. The molecule has 2 heterocycles. The van der Waals surface area contributed by atoms with E-state index in [1.54, 1.807) is 10.9 Å². The highest BCUT2D eigenvalue weighted by atomic mass is 32.2. The summed E-state index contributed by atoms with van der Waals surface area (Å²) in [5, 5.41) is 4.14. The highest BCUT2D eigenvalue weighted by Gasteiger charge is 2.27. The van der Waals surface area contributed by atoms with Gasteiger partial charge in [0.15, 0.2) is 0 Å². The van der Waals surface area contributed by atoms with Gasteiger partial charge in [-0.25, -0.2) is 17.5 Å². The molecule has 3 rings (SSSR count). The highest BCUT2D eigenvalue weighted by Crippen LogP contribution is 2.21. The van der Waals surface area contributed by atoms with Gasteiger partial charge in [-0.3, -0.25) is 4.68 Å². The molecular weight excluding hydrogens is 319 g/mol. The second-order valence-electron chi connectivity index (χ2n) is 5.71. The minimum absolute atomic E-state index is 0.256. The fourth-order valence-corrected chi connectivity index (χ4v) is 4.17. The summed E-state index contributed by atoms with van der Waals surface area (Å²) in [7, 11) is -2.02. The zero-order chi connectivity index (χ0) is 16.4. The number of halogens is 1. The molecule has 1 aliphatic heterocycles. The molecule has 1 aliphatic rings. The van der Waals surface area contributed by atoms with Gasteiger partial charge in [-0.05, 0) is 25.0 Å². The molecule has 1 atom stereocenters. The molecule has 0 saturated carbocycles. The molecule has 0 amide bonds. The third kappa shape index (κ3) is 3.53. The van der Waals surface area contributed by atoms with Crippen LogP contribution in [-0.2, 0) is 17.1 Å². The zero-order valence-electron chi connectivity index (χ0n) is 12.8. The Morgan fingerprint density at radius 3 is 2.83 bits per heavy atom.